The van der Waals surface area contributed by atoms with E-state index in [1.54, 1.807) is 17.1 Å². The quantitative estimate of drug-likeness (QED) is 0.691. The number of halogens is 3. The van der Waals surface area contributed by atoms with E-state index >= 15 is 0 Å². The molecule has 0 fully saturated rings. The van der Waals surface area contributed by atoms with E-state index in [0.717, 1.165) is 6.07 Å². The van der Waals surface area contributed by atoms with Crippen molar-refractivity contribution in [1.29, 1.82) is 0 Å². The van der Waals surface area contributed by atoms with Crippen molar-refractivity contribution in [3.8, 4) is 0 Å². The van der Waals surface area contributed by atoms with Crippen LogP contribution in [-0.4, -0.2) is 19.1 Å². The fourth-order valence-corrected chi connectivity index (χ4v) is 2.71. The average molecular weight is 311 g/mol. The third-order valence-corrected chi connectivity index (χ3v) is 3.65. The molecule has 1 aromatic carbocycles. The van der Waals surface area contributed by atoms with Gasteiger partial charge in [0.15, 0.2) is 11.6 Å². The second kappa shape index (κ2) is 5.44. The van der Waals surface area contributed by atoms with Crippen molar-refractivity contribution in [1.82, 2.24) is 19.1 Å². The number of benzene rings is 1. The average Bonchev–Trinajstić information content (AvgIpc) is 3.09. The van der Waals surface area contributed by atoms with Crippen LogP contribution in [0.5, 0.6) is 0 Å². The van der Waals surface area contributed by atoms with Gasteiger partial charge in [-0.1, -0.05) is 0 Å². The lowest BCUT2D eigenvalue weighted by Crippen LogP contribution is -2.15. The molecular formula is C14H13ClF2N4. The summed E-state index contributed by atoms with van der Waals surface area (Å²) in [5.41, 5.74) is 0.556. The molecule has 0 radical (unpaired) electrons. The maximum atomic E-state index is 14.1. The predicted octanol–water partition coefficient (Wildman–Crippen LogP) is 3.51. The molecule has 3 rings (SSSR count). The van der Waals surface area contributed by atoms with Crippen LogP contribution in [0.15, 0.2) is 30.9 Å². The van der Waals surface area contributed by atoms with Gasteiger partial charge in [0, 0.05) is 18.9 Å². The molecule has 1 atom stereocenters. The molecule has 3 aromatic rings. The molecule has 0 saturated carbocycles. The molecule has 21 heavy (non-hydrogen) atoms. The second-order valence-corrected chi connectivity index (χ2v) is 5.14. The van der Waals surface area contributed by atoms with E-state index in [-0.39, 0.29) is 17.4 Å². The fourth-order valence-electron chi connectivity index (χ4n) is 2.52. The first-order chi connectivity index (χ1) is 10.1. The molecule has 4 nitrogen and oxygen atoms in total. The van der Waals surface area contributed by atoms with Gasteiger partial charge in [0.05, 0.1) is 23.8 Å². The summed E-state index contributed by atoms with van der Waals surface area (Å²) >= 11 is 5.90. The molecule has 0 saturated heterocycles. The number of nitrogens with zero attached hydrogens (tertiary/aromatic N) is 4. The van der Waals surface area contributed by atoms with E-state index in [9.17, 15) is 8.78 Å². The van der Waals surface area contributed by atoms with Gasteiger partial charge in [0.2, 0.25) is 0 Å². The van der Waals surface area contributed by atoms with E-state index in [0.29, 0.717) is 17.9 Å². The zero-order valence-corrected chi connectivity index (χ0v) is 12.1. The summed E-state index contributed by atoms with van der Waals surface area (Å²) < 4.78 is 31.2. The predicted molar refractivity (Wildman–Crippen MR) is 76.1 cm³/mol. The number of fused-ring (bicyclic) bond motifs is 1. The Hall–Kier alpha value is -1.95. The Bertz CT molecular complexity index is 767. The second-order valence-electron chi connectivity index (χ2n) is 4.87. The molecule has 2 aromatic heterocycles. The minimum absolute atomic E-state index is 0.129. The molecule has 0 aliphatic carbocycles. The van der Waals surface area contributed by atoms with Crippen LogP contribution in [0.1, 0.15) is 18.8 Å². The third-order valence-electron chi connectivity index (χ3n) is 3.41. The summed E-state index contributed by atoms with van der Waals surface area (Å²) in [4.78, 5) is 8.25. The van der Waals surface area contributed by atoms with Crippen LogP contribution in [0.2, 0.25) is 0 Å². The summed E-state index contributed by atoms with van der Waals surface area (Å²) in [6, 6.07) is 2.40. The van der Waals surface area contributed by atoms with Crippen molar-refractivity contribution in [2.45, 2.75) is 25.4 Å². The topological polar surface area (TPSA) is 35.6 Å². The molecule has 0 spiro atoms. The Morgan fingerprint density at radius 2 is 2.14 bits per heavy atom. The van der Waals surface area contributed by atoms with E-state index in [1.807, 2.05) is 17.7 Å². The zero-order chi connectivity index (χ0) is 15.0. The number of imidazole rings is 2. The fraction of sp³-hybridized carbons (Fsp3) is 0.286. The summed E-state index contributed by atoms with van der Waals surface area (Å²) in [5, 5.41) is 0. The number of aromatic nitrogens is 4. The van der Waals surface area contributed by atoms with Crippen LogP contribution in [0.25, 0.3) is 11.0 Å². The summed E-state index contributed by atoms with van der Waals surface area (Å²) in [7, 11) is 0. The van der Waals surface area contributed by atoms with Crippen molar-refractivity contribution in [3.05, 3.63) is 48.3 Å². The Kier molecular flexibility index (Phi) is 3.63. The van der Waals surface area contributed by atoms with Gasteiger partial charge in [-0.2, -0.15) is 0 Å². The van der Waals surface area contributed by atoms with Gasteiger partial charge >= 0.3 is 0 Å². The Morgan fingerprint density at radius 3 is 2.81 bits per heavy atom. The Labute approximate surface area is 125 Å². The van der Waals surface area contributed by atoms with Gasteiger partial charge in [-0.15, -0.1) is 11.6 Å². The Morgan fingerprint density at radius 1 is 1.33 bits per heavy atom. The minimum Gasteiger partial charge on any atom is -0.335 e. The third kappa shape index (κ3) is 2.40. The molecule has 0 N–H and O–H groups in total. The van der Waals surface area contributed by atoms with Crippen molar-refractivity contribution >= 4 is 22.6 Å². The highest BCUT2D eigenvalue weighted by atomic mass is 35.5. The number of hydrogen-bond acceptors (Lipinski definition) is 2. The summed E-state index contributed by atoms with van der Waals surface area (Å²) in [6.07, 6.45) is 5.15. The molecule has 0 aliphatic rings. The first kappa shape index (κ1) is 14.0. The molecule has 0 aliphatic heterocycles. The minimum atomic E-state index is -0.895. The van der Waals surface area contributed by atoms with Crippen LogP contribution >= 0.6 is 11.6 Å². The number of hydrogen-bond donors (Lipinski definition) is 0. The monoisotopic (exact) mass is 310 g/mol. The number of alkyl halides is 1. The molecule has 0 amide bonds. The molecule has 110 valence electrons. The van der Waals surface area contributed by atoms with Crippen molar-refractivity contribution in [2.75, 3.05) is 0 Å². The number of rotatable bonds is 4. The van der Waals surface area contributed by atoms with Crippen molar-refractivity contribution in [2.24, 2.45) is 0 Å². The normalized spacial score (nSPS) is 13.0. The molecule has 2 heterocycles. The van der Waals surface area contributed by atoms with Gasteiger partial charge in [0.25, 0.3) is 0 Å². The lowest BCUT2D eigenvalue weighted by molar-refractivity contribution is 0.453. The SMILES string of the molecule is CC(Cn1ccnc1)n1c(CCl)nc2ccc(F)c(F)c21. The highest BCUT2D eigenvalue weighted by Gasteiger charge is 2.20. The summed E-state index contributed by atoms with van der Waals surface area (Å²) in [5.74, 6) is -1.14. The van der Waals surface area contributed by atoms with E-state index in [1.165, 1.54) is 6.07 Å². The van der Waals surface area contributed by atoms with Crippen LogP contribution in [-0.2, 0) is 12.4 Å². The first-order valence-electron chi connectivity index (χ1n) is 6.48. The zero-order valence-electron chi connectivity index (χ0n) is 11.3. The molecular weight excluding hydrogens is 298 g/mol. The smallest absolute Gasteiger partial charge is 0.184 e. The lowest BCUT2D eigenvalue weighted by Gasteiger charge is -2.17. The van der Waals surface area contributed by atoms with Crippen LogP contribution in [0.4, 0.5) is 8.78 Å². The lowest BCUT2D eigenvalue weighted by atomic mass is 10.2. The highest BCUT2D eigenvalue weighted by molar-refractivity contribution is 6.16. The maximum absolute atomic E-state index is 14.1. The van der Waals surface area contributed by atoms with Crippen LogP contribution in [0, 0.1) is 11.6 Å². The Balaban J connectivity index is 2.13. The largest absolute Gasteiger partial charge is 0.335 e. The molecule has 0 bridgehead atoms. The standard InChI is InChI=1S/C14H13ClF2N4/c1-9(7-20-5-4-18-8-20)21-12(6-15)19-11-3-2-10(16)13(17)14(11)21/h2-5,8-9H,6-7H2,1H3. The highest BCUT2D eigenvalue weighted by Crippen LogP contribution is 2.27. The van der Waals surface area contributed by atoms with Crippen molar-refractivity contribution < 1.29 is 8.78 Å². The van der Waals surface area contributed by atoms with Gasteiger partial charge in [-0.05, 0) is 19.1 Å². The van der Waals surface area contributed by atoms with Gasteiger partial charge < -0.3 is 9.13 Å². The van der Waals surface area contributed by atoms with Crippen LogP contribution < -0.4 is 0 Å². The van der Waals surface area contributed by atoms with E-state index in [2.05, 4.69) is 9.97 Å². The molecule has 1 unspecified atom stereocenters. The van der Waals surface area contributed by atoms with Gasteiger partial charge in [-0.3, -0.25) is 0 Å². The van der Waals surface area contributed by atoms with Crippen molar-refractivity contribution in [3.63, 3.8) is 0 Å². The first-order valence-corrected chi connectivity index (χ1v) is 7.01. The van der Waals surface area contributed by atoms with Gasteiger partial charge in [-0.25, -0.2) is 18.7 Å². The van der Waals surface area contributed by atoms with Crippen LogP contribution in [0.3, 0.4) is 0 Å². The van der Waals surface area contributed by atoms with Gasteiger partial charge in [0.1, 0.15) is 11.3 Å². The van der Waals surface area contributed by atoms with E-state index < -0.39 is 11.6 Å². The van der Waals surface area contributed by atoms with E-state index in [4.69, 9.17) is 11.6 Å². The maximum Gasteiger partial charge on any atom is 0.184 e. The summed E-state index contributed by atoms with van der Waals surface area (Å²) in [6.45, 7) is 2.47. The molecule has 7 heteroatoms.